The lowest BCUT2D eigenvalue weighted by Gasteiger charge is -2.09. The summed E-state index contributed by atoms with van der Waals surface area (Å²) in [5, 5.41) is 12.0. The average Bonchev–Trinajstić information content (AvgIpc) is 2.75. The van der Waals surface area contributed by atoms with E-state index in [1.807, 2.05) is 49.0 Å². The van der Waals surface area contributed by atoms with Crippen molar-refractivity contribution in [1.29, 1.82) is 0 Å². The number of thiocarbonyl (C=S) groups is 1. The van der Waals surface area contributed by atoms with Gasteiger partial charge in [0, 0.05) is 24.3 Å². The van der Waals surface area contributed by atoms with E-state index in [-0.39, 0.29) is 0 Å². The molecule has 0 amide bonds. The number of nitrogens with one attached hydrogen (secondary N) is 2. The molecule has 1 aromatic heterocycles. The van der Waals surface area contributed by atoms with E-state index in [2.05, 4.69) is 15.7 Å². The molecule has 0 fully saturated rings. The summed E-state index contributed by atoms with van der Waals surface area (Å²) in [7, 11) is 1.93. The van der Waals surface area contributed by atoms with E-state index in [0.717, 1.165) is 22.0 Å². The van der Waals surface area contributed by atoms with Crippen LogP contribution >= 0.6 is 23.8 Å². The minimum absolute atomic E-state index is 0.614. The summed E-state index contributed by atoms with van der Waals surface area (Å²) in [6.07, 6.45) is 0. The van der Waals surface area contributed by atoms with E-state index in [4.69, 9.17) is 23.8 Å². The summed E-state index contributed by atoms with van der Waals surface area (Å²) in [4.78, 5) is 0. The largest absolute Gasteiger partial charge is 0.359 e. The molecule has 0 aliphatic rings. The molecule has 0 saturated carbocycles. The third-order valence-electron chi connectivity index (χ3n) is 2.96. The fraction of sp³-hybridized carbons (Fsp3) is 0.286. The van der Waals surface area contributed by atoms with Gasteiger partial charge in [-0.05, 0) is 42.9 Å². The molecule has 0 atom stereocenters. The lowest BCUT2D eigenvalue weighted by atomic mass is 10.2. The van der Waals surface area contributed by atoms with Gasteiger partial charge in [-0.1, -0.05) is 23.7 Å². The van der Waals surface area contributed by atoms with Crippen molar-refractivity contribution in [3.8, 4) is 0 Å². The third kappa shape index (κ3) is 4.21. The van der Waals surface area contributed by atoms with Gasteiger partial charge in [0.05, 0.1) is 12.2 Å². The van der Waals surface area contributed by atoms with E-state index in [1.54, 1.807) is 0 Å². The Kier molecular flexibility index (Phi) is 4.98. The van der Waals surface area contributed by atoms with Gasteiger partial charge in [0.2, 0.25) is 0 Å². The minimum Gasteiger partial charge on any atom is -0.359 e. The number of hydrogen-bond acceptors (Lipinski definition) is 2. The monoisotopic (exact) mass is 308 g/mol. The van der Waals surface area contributed by atoms with Crippen molar-refractivity contribution < 1.29 is 0 Å². The number of halogens is 1. The second-order valence-electron chi connectivity index (χ2n) is 4.56. The van der Waals surface area contributed by atoms with Crippen LogP contribution in [-0.4, -0.2) is 14.9 Å². The smallest absolute Gasteiger partial charge is 0.166 e. The van der Waals surface area contributed by atoms with Crippen LogP contribution in [0.25, 0.3) is 0 Å². The maximum Gasteiger partial charge on any atom is 0.166 e. The molecule has 0 aliphatic carbocycles. The zero-order valence-corrected chi connectivity index (χ0v) is 13.1. The normalized spacial score (nSPS) is 10.3. The first kappa shape index (κ1) is 14.8. The standard InChI is InChI=1S/C14H17ClN4S/c1-10-7-13(18-19(10)2)9-17-14(20)16-8-11-3-5-12(15)6-4-11/h3-7H,8-9H2,1-2H3,(H2,16,17,20). The molecule has 2 rings (SSSR count). The zero-order valence-electron chi connectivity index (χ0n) is 11.5. The highest BCUT2D eigenvalue weighted by atomic mass is 35.5. The third-order valence-corrected chi connectivity index (χ3v) is 3.50. The van der Waals surface area contributed by atoms with Gasteiger partial charge in [-0.25, -0.2) is 0 Å². The molecular formula is C14H17ClN4S. The molecule has 0 aliphatic heterocycles. The quantitative estimate of drug-likeness (QED) is 0.852. The number of aryl methyl sites for hydroxylation is 2. The van der Waals surface area contributed by atoms with E-state index in [0.29, 0.717) is 18.2 Å². The van der Waals surface area contributed by atoms with Gasteiger partial charge in [-0.2, -0.15) is 5.10 Å². The van der Waals surface area contributed by atoms with Crippen LogP contribution in [0.15, 0.2) is 30.3 Å². The highest BCUT2D eigenvalue weighted by molar-refractivity contribution is 7.80. The molecule has 0 saturated heterocycles. The van der Waals surface area contributed by atoms with Gasteiger partial charge in [0.1, 0.15) is 0 Å². The predicted molar refractivity (Wildman–Crippen MR) is 85.7 cm³/mol. The van der Waals surface area contributed by atoms with Gasteiger partial charge in [0.15, 0.2) is 5.11 Å². The first-order chi connectivity index (χ1) is 9.54. The van der Waals surface area contributed by atoms with Crippen molar-refractivity contribution in [3.05, 3.63) is 52.3 Å². The molecule has 4 nitrogen and oxygen atoms in total. The van der Waals surface area contributed by atoms with E-state index >= 15 is 0 Å². The Bertz CT molecular complexity index is 572. The van der Waals surface area contributed by atoms with Crippen LogP contribution in [-0.2, 0) is 20.1 Å². The number of rotatable bonds is 4. The summed E-state index contributed by atoms with van der Waals surface area (Å²) in [5.74, 6) is 0. The molecule has 1 aromatic carbocycles. The maximum absolute atomic E-state index is 5.84. The van der Waals surface area contributed by atoms with Crippen LogP contribution < -0.4 is 10.6 Å². The van der Waals surface area contributed by atoms with Gasteiger partial charge in [-0.3, -0.25) is 4.68 Å². The fourth-order valence-electron chi connectivity index (χ4n) is 1.74. The number of aromatic nitrogens is 2. The van der Waals surface area contributed by atoms with Gasteiger partial charge in [0.25, 0.3) is 0 Å². The van der Waals surface area contributed by atoms with Crippen molar-refractivity contribution in [1.82, 2.24) is 20.4 Å². The van der Waals surface area contributed by atoms with Crippen molar-refractivity contribution in [2.45, 2.75) is 20.0 Å². The second-order valence-corrected chi connectivity index (χ2v) is 5.41. The Hall–Kier alpha value is -1.59. The summed E-state index contributed by atoms with van der Waals surface area (Å²) >= 11 is 11.1. The summed E-state index contributed by atoms with van der Waals surface area (Å²) in [5.41, 5.74) is 3.23. The van der Waals surface area contributed by atoms with Crippen molar-refractivity contribution in [2.75, 3.05) is 0 Å². The zero-order chi connectivity index (χ0) is 14.5. The molecule has 1 heterocycles. The summed E-state index contributed by atoms with van der Waals surface area (Å²) in [6.45, 7) is 3.31. The Balaban J connectivity index is 1.76. The average molecular weight is 309 g/mol. The molecule has 0 spiro atoms. The molecule has 20 heavy (non-hydrogen) atoms. The van der Waals surface area contributed by atoms with Crippen LogP contribution in [0, 0.1) is 6.92 Å². The Morgan fingerprint density at radius 1 is 1.25 bits per heavy atom. The van der Waals surface area contributed by atoms with Crippen molar-refractivity contribution in [2.24, 2.45) is 7.05 Å². The maximum atomic E-state index is 5.84. The first-order valence-corrected chi connectivity index (χ1v) is 7.09. The highest BCUT2D eigenvalue weighted by Crippen LogP contribution is 2.09. The van der Waals surface area contributed by atoms with Gasteiger partial charge in [-0.15, -0.1) is 0 Å². The molecule has 6 heteroatoms. The molecular weight excluding hydrogens is 292 g/mol. The molecule has 0 unspecified atom stereocenters. The van der Waals surface area contributed by atoms with Crippen LogP contribution in [0.2, 0.25) is 5.02 Å². The molecule has 0 bridgehead atoms. The second kappa shape index (κ2) is 6.72. The molecule has 2 aromatic rings. The Morgan fingerprint density at radius 3 is 2.50 bits per heavy atom. The summed E-state index contributed by atoms with van der Waals surface area (Å²) < 4.78 is 1.85. The van der Waals surface area contributed by atoms with Crippen LogP contribution in [0.4, 0.5) is 0 Å². The minimum atomic E-state index is 0.614. The molecule has 0 radical (unpaired) electrons. The predicted octanol–water partition coefficient (Wildman–Crippen LogP) is 2.55. The van der Waals surface area contributed by atoms with Crippen LogP contribution in [0.3, 0.4) is 0 Å². The van der Waals surface area contributed by atoms with Crippen molar-refractivity contribution in [3.63, 3.8) is 0 Å². The highest BCUT2D eigenvalue weighted by Gasteiger charge is 2.02. The van der Waals surface area contributed by atoms with E-state index < -0.39 is 0 Å². The lowest BCUT2D eigenvalue weighted by molar-refractivity contribution is 0.708. The molecule has 2 N–H and O–H groups in total. The number of benzene rings is 1. The number of hydrogen-bond donors (Lipinski definition) is 2. The van der Waals surface area contributed by atoms with Crippen LogP contribution in [0.1, 0.15) is 17.0 Å². The Labute approximate surface area is 129 Å². The first-order valence-electron chi connectivity index (χ1n) is 6.30. The Morgan fingerprint density at radius 2 is 1.90 bits per heavy atom. The molecule has 106 valence electrons. The lowest BCUT2D eigenvalue weighted by Crippen LogP contribution is -2.34. The van der Waals surface area contributed by atoms with E-state index in [9.17, 15) is 0 Å². The SMILES string of the molecule is Cc1cc(CNC(=S)NCc2ccc(Cl)cc2)nn1C. The van der Waals surface area contributed by atoms with Crippen LogP contribution in [0.5, 0.6) is 0 Å². The fourth-order valence-corrected chi connectivity index (χ4v) is 2.01. The van der Waals surface area contributed by atoms with Gasteiger partial charge < -0.3 is 10.6 Å². The van der Waals surface area contributed by atoms with Gasteiger partial charge >= 0.3 is 0 Å². The summed E-state index contributed by atoms with van der Waals surface area (Å²) in [6, 6.07) is 9.71. The van der Waals surface area contributed by atoms with Crippen molar-refractivity contribution >= 4 is 28.9 Å². The van der Waals surface area contributed by atoms with E-state index in [1.165, 1.54) is 0 Å². The topological polar surface area (TPSA) is 41.9 Å². The number of nitrogens with zero attached hydrogens (tertiary/aromatic N) is 2.